The molecular weight excluding hydrogens is 808 g/mol. The first-order valence-electron chi connectivity index (χ1n) is 17.9. The Labute approximate surface area is 311 Å². The average Bonchev–Trinajstić information content (AvgIpc) is 3.70. The van der Waals surface area contributed by atoms with Gasteiger partial charge in [0.1, 0.15) is 13.9 Å². The van der Waals surface area contributed by atoms with Crippen LogP contribution in [0.3, 0.4) is 0 Å². The molecule has 6 aromatic carbocycles. The summed E-state index contributed by atoms with van der Waals surface area (Å²) in [5.74, 6) is 0.542. The van der Waals surface area contributed by atoms with Gasteiger partial charge in [-0.2, -0.15) is 35.5 Å². The molecule has 0 aliphatic rings. The molecule has 0 aliphatic heterocycles. The van der Waals surface area contributed by atoms with Crippen molar-refractivity contribution < 1.29 is 25.2 Å². The molecule has 0 saturated carbocycles. The van der Waals surface area contributed by atoms with Gasteiger partial charge in [-0.05, 0) is 58.5 Å². The van der Waals surface area contributed by atoms with Crippen molar-refractivity contribution in [2.24, 2.45) is 7.05 Å². The van der Waals surface area contributed by atoms with Gasteiger partial charge in [-0.1, -0.05) is 84.4 Å². The predicted octanol–water partition coefficient (Wildman–Crippen LogP) is 7.03. The number of para-hydroxylation sites is 3. The fourth-order valence-electron chi connectivity index (χ4n) is 7.47. The molecule has 0 radical (unpaired) electrons. The molecule has 0 bridgehead atoms. The molecule has 3 heterocycles. The van der Waals surface area contributed by atoms with Crippen molar-refractivity contribution in [1.29, 1.82) is 0 Å². The van der Waals surface area contributed by atoms with Crippen molar-refractivity contribution in [1.82, 2.24) is 18.7 Å². The third-order valence-electron chi connectivity index (χ3n) is 9.63. The molecule has 244 valence electrons. The Kier molecular flexibility index (Phi) is 7.31. The van der Waals surface area contributed by atoms with Crippen LogP contribution in [0.15, 0.2) is 164 Å². The molecule has 9 rings (SSSR count). The molecule has 6 heteroatoms. The van der Waals surface area contributed by atoms with E-state index < -0.39 is 14.9 Å². The van der Waals surface area contributed by atoms with Crippen LogP contribution in [0.25, 0.3) is 44.3 Å². The van der Waals surface area contributed by atoms with Crippen LogP contribution in [0.5, 0.6) is 0 Å². The summed E-state index contributed by atoms with van der Waals surface area (Å²) in [5, 5.41) is 6.65. The number of aryl methyl sites for hydroxylation is 2. The van der Waals surface area contributed by atoms with Crippen molar-refractivity contribution in [2.45, 2.75) is 6.85 Å². The zero-order valence-electron chi connectivity index (χ0n) is 30.2. The van der Waals surface area contributed by atoms with E-state index in [0.717, 1.165) is 48.9 Å². The second kappa shape index (κ2) is 12.8. The first-order valence-corrected chi connectivity index (χ1v) is 18.4. The maximum absolute atomic E-state index is 8.14. The summed E-state index contributed by atoms with van der Waals surface area (Å²) in [4.78, 5) is 4.73. The van der Waals surface area contributed by atoms with Crippen LogP contribution in [0.2, 0.25) is 0 Å². The number of hydrogen-bond acceptors (Lipinski definition) is 1. The fourth-order valence-corrected chi connectivity index (χ4v) is 12.0. The minimum Gasteiger partial charge on any atom is -0.319 e. The van der Waals surface area contributed by atoms with Gasteiger partial charge in [-0.15, -0.1) is 22.7 Å². The van der Waals surface area contributed by atoms with Gasteiger partial charge in [-0.3, -0.25) is 0 Å². The number of nitrogens with zero attached hydrogens (tertiary/aromatic N) is 4. The van der Waals surface area contributed by atoms with Crippen LogP contribution < -0.4 is 20.7 Å². The molecule has 0 spiro atoms. The molecule has 0 unspecified atom stereocenters. The van der Waals surface area contributed by atoms with E-state index in [-0.39, 0.29) is 26.6 Å². The summed E-state index contributed by atoms with van der Waals surface area (Å²) in [5.41, 5.74) is 5.23. The summed E-state index contributed by atoms with van der Waals surface area (Å²) in [6, 6.07) is 60.3. The Bertz CT molecular complexity index is 2720. The van der Waals surface area contributed by atoms with E-state index in [2.05, 4.69) is 167 Å². The Morgan fingerprint density at radius 1 is 0.640 bits per heavy atom. The maximum atomic E-state index is 8.14. The standard InChI is InChI=1S/C44H33N4Si.Pt/c1-32-26-27-45-44(28-32)48-40-21-10-9-20-38(40)39-25-24-37(30-43(39)48)49(34-15-5-3-6-16-34,35-17-7-4-8-18-35)36-19-13-14-33(29-36)47-31-46(2)41-22-11-12-23-42(41)47;/h3-28,31H,1-2H3;/q-1;/i1D3;. The molecule has 3 aromatic heterocycles. The summed E-state index contributed by atoms with van der Waals surface area (Å²) in [7, 11) is -1.04. The second-order valence-electron chi connectivity index (χ2n) is 12.4. The van der Waals surface area contributed by atoms with Gasteiger partial charge in [0.15, 0.2) is 17.4 Å². The molecule has 4 nitrogen and oxygen atoms in total. The molecule has 0 saturated heterocycles. The van der Waals surface area contributed by atoms with Gasteiger partial charge in [-0.25, -0.2) is 14.1 Å². The Morgan fingerprint density at radius 2 is 1.30 bits per heavy atom. The van der Waals surface area contributed by atoms with Gasteiger partial charge < -0.3 is 4.57 Å². The van der Waals surface area contributed by atoms with Crippen molar-refractivity contribution >= 4 is 61.7 Å². The van der Waals surface area contributed by atoms with Crippen molar-refractivity contribution in [2.75, 3.05) is 0 Å². The third kappa shape index (κ3) is 5.00. The van der Waals surface area contributed by atoms with Crippen LogP contribution in [-0.2, 0) is 28.1 Å². The largest absolute Gasteiger partial charge is 0.319 e. The number of pyridine rings is 1. The van der Waals surface area contributed by atoms with Gasteiger partial charge >= 0.3 is 0 Å². The average molecular weight is 844 g/mol. The van der Waals surface area contributed by atoms with Crippen molar-refractivity contribution in [3.05, 3.63) is 182 Å². The van der Waals surface area contributed by atoms with E-state index in [1.165, 1.54) is 10.4 Å². The number of fused-ring (bicyclic) bond motifs is 4. The van der Waals surface area contributed by atoms with E-state index in [1.54, 1.807) is 18.3 Å². The van der Waals surface area contributed by atoms with Crippen LogP contribution in [0.1, 0.15) is 9.68 Å². The molecule has 9 aromatic rings. The maximum Gasteiger partial charge on any atom is 0.188 e. The summed E-state index contributed by atoms with van der Waals surface area (Å²) in [6.45, 7) is -2.27. The second-order valence-corrected chi connectivity index (χ2v) is 16.1. The van der Waals surface area contributed by atoms with E-state index >= 15 is 0 Å². The van der Waals surface area contributed by atoms with Gasteiger partial charge in [0, 0.05) is 61.8 Å². The molecule has 0 amide bonds. The quantitative estimate of drug-likeness (QED) is 0.101. The number of aromatic nitrogens is 4. The van der Waals surface area contributed by atoms with E-state index in [1.807, 2.05) is 12.1 Å². The molecule has 50 heavy (non-hydrogen) atoms. The van der Waals surface area contributed by atoms with Crippen molar-refractivity contribution in [3.63, 3.8) is 0 Å². The van der Waals surface area contributed by atoms with E-state index in [9.17, 15) is 0 Å². The number of imidazole rings is 1. The first-order chi connectivity index (χ1) is 25.3. The Morgan fingerprint density at radius 3 is 2.04 bits per heavy atom. The van der Waals surface area contributed by atoms with Crippen LogP contribution >= 0.6 is 0 Å². The monoisotopic (exact) mass is 843 g/mol. The Hall–Kier alpha value is -5.35. The third-order valence-corrected chi connectivity index (χ3v) is 14.2. The molecule has 0 aliphatic carbocycles. The van der Waals surface area contributed by atoms with Gasteiger partial charge in [0.2, 0.25) is 0 Å². The van der Waals surface area contributed by atoms with Crippen molar-refractivity contribution in [3.8, 4) is 11.5 Å². The normalized spacial score (nSPS) is 12.8. The smallest absolute Gasteiger partial charge is 0.188 e. The zero-order valence-corrected chi connectivity index (χ0v) is 30.5. The van der Waals surface area contributed by atoms with Crippen LogP contribution in [0.4, 0.5) is 0 Å². The predicted molar refractivity (Wildman–Crippen MR) is 205 cm³/mol. The first kappa shape index (κ1) is 28.5. The van der Waals surface area contributed by atoms with E-state index in [0.29, 0.717) is 5.82 Å². The molecule has 0 atom stereocenters. The number of benzene rings is 6. The fraction of sp³-hybridized carbons (Fsp3) is 0.0455. The summed E-state index contributed by atoms with van der Waals surface area (Å²) >= 11 is 0. The SMILES string of the molecule is [2H]C([2H])([2H])c1ccnc(-n2c3[c-]c([Si](c4[c-]c(-n5[cH+]n(C)c6ccccc65)ccc4)(c4ccccc4)c4ccccc4)ccc3c3ccccc32)c1.[Pt]. The van der Waals surface area contributed by atoms with Crippen LogP contribution in [0, 0.1) is 19.0 Å². The molecule has 0 N–H and O–H groups in total. The topological polar surface area (TPSA) is 27.7 Å². The minimum atomic E-state index is -3.11. The van der Waals surface area contributed by atoms with Gasteiger partial charge in [0.05, 0.1) is 0 Å². The molecular formula is C44H33N4PtSi-. The summed E-state index contributed by atoms with van der Waals surface area (Å²) in [6.07, 6.45) is 3.70. The number of hydrogen-bond donors (Lipinski definition) is 0. The van der Waals surface area contributed by atoms with E-state index in [4.69, 9.17) is 9.10 Å². The minimum absolute atomic E-state index is 0. The zero-order chi connectivity index (χ0) is 35.5. The molecule has 0 fully saturated rings. The van der Waals surface area contributed by atoms with Gasteiger partial charge in [0.25, 0.3) is 0 Å². The summed E-state index contributed by atoms with van der Waals surface area (Å²) < 4.78 is 30.8. The van der Waals surface area contributed by atoms with Crippen LogP contribution in [-0.4, -0.2) is 26.8 Å². The Balaban J connectivity index is 0.00000400. The number of rotatable bonds is 6.